The summed E-state index contributed by atoms with van der Waals surface area (Å²) >= 11 is 0. The normalized spacial score (nSPS) is 21.7. The van der Waals surface area contributed by atoms with Gasteiger partial charge in [-0.2, -0.15) is 0 Å². The molecule has 0 spiro atoms. The van der Waals surface area contributed by atoms with E-state index >= 15 is 0 Å². The smallest absolute Gasteiger partial charge is 0.324 e. The molecule has 13 nitrogen and oxygen atoms in total. The van der Waals surface area contributed by atoms with Gasteiger partial charge in [0.15, 0.2) is 0 Å². The molecule has 0 aromatic carbocycles. The van der Waals surface area contributed by atoms with Gasteiger partial charge in [-0.3, -0.25) is 38.7 Å². The van der Waals surface area contributed by atoms with Crippen molar-refractivity contribution < 1.29 is 49.1 Å². The van der Waals surface area contributed by atoms with Crippen LogP contribution in [0.25, 0.3) is 0 Å². The molecule has 0 radical (unpaired) electrons. The van der Waals surface area contributed by atoms with Crippen molar-refractivity contribution in [1.29, 1.82) is 0 Å². The Balaban J connectivity index is 2.90. The molecular formula is C16H25N3O10. The number of hydrogen-bond acceptors (Lipinski definition) is 9. The van der Waals surface area contributed by atoms with Crippen LogP contribution in [-0.4, -0.2) is 129 Å². The highest BCUT2D eigenvalue weighted by Gasteiger charge is 2.36. The summed E-state index contributed by atoms with van der Waals surface area (Å²) in [6.45, 7) is -0.229. The van der Waals surface area contributed by atoms with E-state index in [-0.39, 0.29) is 32.7 Å². The Morgan fingerprint density at radius 2 is 1.62 bits per heavy atom. The molecule has 1 rings (SSSR count). The lowest BCUT2D eigenvalue weighted by atomic mass is 10.1. The van der Waals surface area contributed by atoms with E-state index in [4.69, 9.17) is 20.1 Å². The average Bonchev–Trinajstić information content (AvgIpc) is 2.59. The number of aliphatic carboxylic acids is 4. The molecule has 1 fully saturated rings. The number of carboxylic acid groups (broad SMARTS) is 4. The lowest BCUT2D eigenvalue weighted by Gasteiger charge is -2.30. The average molecular weight is 419 g/mol. The van der Waals surface area contributed by atoms with E-state index in [9.17, 15) is 29.1 Å². The van der Waals surface area contributed by atoms with Gasteiger partial charge in [-0.1, -0.05) is 0 Å². The molecule has 29 heavy (non-hydrogen) atoms. The zero-order chi connectivity index (χ0) is 22.1. The van der Waals surface area contributed by atoms with Crippen molar-refractivity contribution in [3.05, 3.63) is 0 Å². The molecule has 1 aliphatic heterocycles. The Morgan fingerprint density at radius 3 is 2.10 bits per heavy atom. The number of rotatable bonds is 10. The van der Waals surface area contributed by atoms with Crippen LogP contribution in [-0.2, 0) is 28.7 Å². The number of esters is 1. The van der Waals surface area contributed by atoms with Gasteiger partial charge in [-0.25, -0.2) is 0 Å². The number of ether oxygens (including phenoxy) is 1. The highest BCUT2D eigenvalue weighted by Crippen LogP contribution is 2.12. The van der Waals surface area contributed by atoms with Crippen molar-refractivity contribution >= 4 is 29.8 Å². The van der Waals surface area contributed by atoms with Gasteiger partial charge in [0.1, 0.15) is 12.1 Å². The van der Waals surface area contributed by atoms with Crippen LogP contribution in [0.3, 0.4) is 0 Å². The van der Waals surface area contributed by atoms with Crippen LogP contribution >= 0.6 is 0 Å². The first kappa shape index (κ1) is 24.3. The number of carbonyl (C=O) groups excluding carboxylic acids is 1. The molecule has 0 aromatic heterocycles. The van der Waals surface area contributed by atoms with Crippen LogP contribution < -0.4 is 0 Å². The van der Waals surface area contributed by atoms with Crippen molar-refractivity contribution in [2.24, 2.45) is 0 Å². The first-order valence-corrected chi connectivity index (χ1v) is 8.76. The minimum absolute atomic E-state index is 0.00209. The SMILES string of the molecule is CC1OC(=O)CN(CCN(CC(=O)O)CC(=O)O)CCN(CC(=O)O)C1C(=O)O. The Morgan fingerprint density at radius 1 is 1.03 bits per heavy atom. The number of cyclic esters (lactones) is 1. The van der Waals surface area contributed by atoms with Gasteiger partial charge in [0, 0.05) is 26.2 Å². The van der Waals surface area contributed by atoms with E-state index in [1.165, 1.54) is 21.6 Å². The quantitative estimate of drug-likeness (QED) is 0.274. The standard InChI is InChI=1S/C16H25N3O10/c1-10-15(16(27)28)19(8-13(24)25)5-4-17(9-14(26)29-10)2-3-18(6-11(20)21)7-12(22)23/h10,15H,2-9H2,1H3,(H,20,21)(H,22,23)(H,24,25)(H,27,28). The minimum Gasteiger partial charge on any atom is -0.480 e. The largest absolute Gasteiger partial charge is 0.480 e. The third-order valence-electron chi connectivity index (χ3n) is 4.25. The fourth-order valence-electron chi connectivity index (χ4n) is 3.05. The van der Waals surface area contributed by atoms with E-state index in [0.717, 1.165) is 0 Å². The van der Waals surface area contributed by atoms with Crippen molar-refractivity contribution in [3.8, 4) is 0 Å². The fraction of sp³-hybridized carbons (Fsp3) is 0.688. The number of carbonyl (C=O) groups is 5. The lowest BCUT2D eigenvalue weighted by Crippen LogP contribution is -2.52. The highest BCUT2D eigenvalue weighted by molar-refractivity contribution is 5.78. The highest BCUT2D eigenvalue weighted by atomic mass is 16.5. The predicted molar refractivity (Wildman–Crippen MR) is 94.3 cm³/mol. The predicted octanol–water partition coefficient (Wildman–Crippen LogP) is -2.46. The van der Waals surface area contributed by atoms with Crippen molar-refractivity contribution in [1.82, 2.24) is 14.7 Å². The Bertz CT molecular complexity index is 624. The molecular weight excluding hydrogens is 394 g/mol. The van der Waals surface area contributed by atoms with E-state index in [2.05, 4.69) is 0 Å². The molecule has 164 valence electrons. The molecule has 13 heteroatoms. The third-order valence-corrected chi connectivity index (χ3v) is 4.25. The molecule has 1 aliphatic rings. The summed E-state index contributed by atoms with van der Waals surface area (Å²) in [5.74, 6) is -5.70. The van der Waals surface area contributed by atoms with Gasteiger partial charge in [0.05, 0.1) is 26.2 Å². The monoisotopic (exact) mass is 419 g/mol. The van der Waals surface area contributed by atoms with Crippen molar-refractivity contribution in [2.45, 2.75) is 19.1 Å². The maximum Gasteiger partial charge on any atom is 0.324 e. The van der Waals surface area contributed by atoms with Gasteiger partial charge >= 0.3 is 29.8 Å². The summed E-state index contributed by atoms with van der Waals surface area (Å²) in [6, 6.07) is -1.34. The zero-order valence-electron chi connectivity index (χ0n) is 15.9. The van der Waals surface area contributed by atoms with Gasteiger partial charge in [-0.15, -0.1) is 0 Å². The molecule has 2 unspecified atom stereocenters. The number of nitrogens with zero attached hydrogens (tertiary/aromatic N) is 3. The molecule has 0 amide bonds. The van der Waals surface area contributed by atoms with Crippen LogP contribution in [0, 0.1) is 0 Å². The molecule has 4 N–H and O–H groups in total. The van der Waals surface area contributed by atoms with E-state index < -0.39 is 61.6 Å². The Hall–Kier alpha value is -2.77. The van der Waals surface area contributed by atoms with Crippen molar-refractivity contribution in [2.75, 3.05) is 52.4 Å². The van der Waals surface area contributed by atoms with Gasteiger partial charge in [0.25, 0.3) is 0 Å². The number of carboxylic acids is 4. The second-order valence-corrected chi connectivity index (χ2v) is 6.62. The molecule has 0 bridgehead atoms. The minimum atomic E-state index is -1.34. The first-order valence-electron chi connectivity index (χ1n) is 8.76. The molecule has 2 atom stereocenters. The second-order valence-electron chi connectivity index (χ2n) is 6.62. The van der Waals surface area contributed by atoms with Gasteiger partial charge in [-0.05, 0) is 6.92 Å². The van der Waals surface area contributed by atoms with E-state index in [1.54, 1.807) is 0 Å². The van der Waals surface area contributed by atoms with Crippen LogP contribution in [0.5, 0.6) is 0 Å². The van der Waals surface area contributed by atoms with Crippen LogP contribution in [0.1, 0.15) is 6.92 Å². The van der Waals surface area contributed by atoms with E-state index in [1.807, 2.05) is 0 Å². The van der Waals surface area contributed by atoms with Gasteiger partial charge in [0.2, 0.25) is 0 Å². The molecule has 0 aliphatic carbocycles. The first-order chi connectivity index (χ1) is 13.5. The van der Waals surface area contributed by atoms with Crippen LogP contribution in [0.15, 0.2) is 0 Å². The molecule has 1 heterocycles. The summed E-state index contributed by atoms with van der Waals surface area (Å²) in [4.78, 5) is 60.5. The zero-order valence-corrected chi connectivity index (χ0v) is 15.9. The second kappa shape index (κ2) is 11.3. The van der Waals surface area contributed by atoms with Gasteiger partial charge < -0.3 is 25.2 Å². The molecule has 1 saturated heterocycles. The van der Waals surface area contributed by atoms with Crippen LogP contribution in [0.4, 0.5) is 0 Å². The Kier molecular flexibility index (Phi) is 9.44. The Labute approximate surface area is 166 Å². The summed E-state index contributed by atoms with van der Waals surface area (Å²) in [6.07, 6.45) is -1.09. The summed E-state index contributed by atoms with van der Waals surface area (Å²) < 4.78 is 5.13. The number of hydrogen-bond donors (Lipinski definition) is 4. The summed E-state index contributed by atoms with van der Waals surface area (Å²) in [5.41, 5.74) is 0. The third kappa shape index (κ3) is 8.85. The maximum atomic E-state index is 12.1. The summed E-state index contributed by atoms with van der Waals surface area (Å²) in [7, 11) is 0. The maximum absolute atomic E-state index is 12.1. The molecule has 0 aromatic rings. The molecule has 0 saturated carbocycles. The summed E-state index contributed by atoms with van der Waals surface area (Å²) in [5, 5.41) is 36.3. The topological polar surface area (TPSA) is 185 Å². The van der Waals surface area contributed by atoms with Crippen LogP contribution in [0.2, 0.25) is 0 Å². The fourth-order valence-corrected chi connectivity index (χ4v) is 3.05. The van der Waals surface area contributed by atoms with Crippen molar-refractivity contribution in [3.63, 3.8) is 0 Å². The van der Waals surface area contributed by atoms with E-state index in [0.29, 0.717) is 0 Å². The lowest BCUT2D eigenvalue weighted by molar-refractivity contribution is -0.159.